The molecule has 4 rings (SSSR count). The van der Waals surface area contributed by atoms with Crippen molar-refractivity contribution >= 4 is 11.7 Å². The summed E-state index contributed by atoms with van der Waals surface area (Å²) >= 11 is 0. The van der Waals surface area contributed by atoms with Crippen LogP contribution in [0, 0.1) is 18.2 Å². The number of anilines is 1. The maximum absolute atomic E-state index is 14.3. The number of carbonyl (C=O) groups excluding carboxylic acids is 1. The molecule has 3 aromatic carbocycles. The summed E-state index contributed by atoms with van der Waals surface area (Å²) in [5, 5.41) is 3.63. The van der Waals surface area contributed by atoms with E-state index in [1.807, 2.05) is 37.3 Å². The summed E-state index contributed by atoms with van der Waals surface area (Å²) in [6.45, 7) is 7.61. The number of rotatable bonds is 6. The zero-order valence-electron chi connectivity index (χ0n) is 20.1. The number of fused-ring (bicyclic) bond motifs is 1. The fourth-order valence-corrected chi connectivity index (χ4v) is 4.62. The summed E-state index contributed by atoms with van der Waals surface area (Å²) < 4.78 is 31.9. The number of esters is 1. The fraction of sp³-hybridized carbons (Fsp3) is 0.321. The number of aryl methyl sites for hydroxylation is 1. The van der Waals surface area contributed by atoms with Gasteiger partial charge in [-0.3, -0.25) is 4.79 Å². The maximum Gasteiger partial charge on any atom is 0.303 e. The highest BCUT2D eigenvalue weighted by molar-refractivity contribution is 5.68. The Morgan fingerprint density at radius 3 is 2.53 bits per heavy atom. The van der Waals surface area contributed by atoms with Gasteiger partial charge in [-0.1, -0.05) is 61.9 Å². The monoisotopic (exact) mass is 463 g/mol. The van der Waals surface area contributed by atoms with Crippen LogP contribution in [0.2, 0.25) is 0 Å². The highest BCUT2D eigenvalue weighted by atomic mass is 19.1. The number of carbonyl (C=O) groups is 1. The van der Waals surface area contributed by atoms with Crippen LogP contribution in [0.15, 0.2) is 60.7 Å². The Hall–Kier alpha value is -3.54. The smallest absolute Gasteiger partial charge is 0.303 e. The molecule has 2 atom stereocenters. The third-order valence-corrected chi connectivity index (χ3v) is 6.36. The molecule has 0 aromatic heterocycles. The molecule has 3 aromatic rings. The molecule has 1 N–H and O–H groups in total. The van der Waals surface area contributed by atoms with Gasteiger partial charge >= 0.3 is 5.97 Å². The SMILES string of the molecule is COc1cccc([C@@H]2Nc3ccc(C)cc3[C@@H](OC(C)=O)C2(C)C)c1OCc1ccccc1F. The average molecular weight is 464 g/mol. The standard InChI is InChI=1S/C28H30FNO4/c1-17-13-14-23-21(15-17)27(34-18(2)31)28(3,4)26(30-23)20-10-8-12-24(32-5)25(20)33-16-19-9-6-7-11-22(19)29/h6-15,26-27,30H,16H2,1-5H3/t26-,27+/m0/s1. The van der Waals surface area contributed by atoms with Crippen molar-refractivity contribution in [2.45, 2.75) is 46.4 Å². The van der Waals surface area contributed by atoms with Gasteiger partial charge in [-0.25, -0.2) is 4.39 Å². The van der Waals surface area contributed by atoms with Crippen LogP contribution in [0.4, 0.5) is 10.1 Å². The summed E-state index contributed by atoms with van der Waals surface area (Å²) in [4.78, 5) is 12.1. The second-order valence-corrected chi connectivity index (χ2v) is 9.24. The van der Waals surface area contributed by atoms with Gasteiger partial charge in [-0.05, 0) is 25.1 Å². The molecule has 0 fully saturated rings. The summed E-state index contributed by atoms with van der Waals surface area (Å²) in [5.41, 5.74) is 3.66. The quantitative estimate of drug-likeness (QED) is 0.422. The largest absolute Gasteiger partial charge is 0.493 e. The molecule has 1 aliphatic rings. The second-order valence-electron chi connectivity index (χ2n) is 9.24. The third kappa shape index (κ3) is 4.45. The molecule has 0 bridgehead atoms. The van der Waals surface area contributed by atoms with E-state index in [0.717, 1.165) is 22.4 Å². The van der Waals surface area contributed by atoms with Crippen LogP contribution in [-0.2, 0) is 16.1 Å². The highest BCUT2D eigenvalue weighted by Crippen LogP contribution is 2.55. The number of methoxy groups -OCH3 is 1. The van der Waals surface area contributed by atoms with Gasteiger partial charge < -0.3 is 19.5 Å². The van der Waals surface area contributed by atoms with Gasteiger partial charge in [-0.15, -0.1) is 0 Å². The van der Waals surface area contributed by atoms with E-state index in [2.05, 4.69) is 25.2 Å². The molecule has 0 radical (unpaired) electrons. The minimum Gasteiger partial charge on any atom is -0.493 e. The second kappa shape index (κ2) is 9.37. The molecule has 0 saturated carbocycles. The summed E-state index contributed by atoms with van der Waals surface area (Å²) in [6, 6.07) is 18.0. The first kappa shape index (κ1) is 23.6. The zero-order chi connectivity index (χ0) is 24.5. The van der Waals surface area contributed by atoms with Crippen LogP contribution in [0.25, 0.3) is 0 Å². The van der Waals surface area contributed by atoms with E-state index in [9.17, 15) is 9.18 Å². The molecule has 6 heteroatoms. The first-order valence-electron chi connectivity index (χ1n) is 11.3. The summed E-state index contributed by atoms with van der Waals surface area (Å²) in [6.07, 6.45) is -0.475. The Labute approximate surface area is 199 Å². The first-order chi connectivity index (χ1) is 16.2. The van der Waals surface area contributed by atoms with Gasteiger partial charge in [0.2, 0.25) is 0 Å². The topological polar surface area (TPSA) is 56.8 Å². The van der Waals surface area contributed by atoms with E-state index in [4.69, 9.17) is 14.2 Å². The van der Waals surface area contributed by atoms with E-state index >= 15 is 0 Å². The molecule has 0 spiro atoms. The van der Waals surface area contributed by atoms with Crippen molar-refractivity contribution in [2.24, 2.45) is 5.41 Å². The number of para-hydroxylation sites is 1. The molecule has 5 nitrogen and oxygen atoms in total. The van der Waals surface area contributed by atoms with Crippen molar-refractivity contribution < 1.29 is 23.4 Å². The van der Waals surface area contributed by atoms with E-state index in [1.165, 1.54) is 13.0 Å². The van der Waals surface area contributed by atoms with Crippen molar-refractivity contribution in [3.8, 4) is 11.5 Å². The van der Waals surface area contributed by atoms with E-state index in [-0.39, 0.29) is 24.4 Å². The molecule has 178 valence electrons. The lowest BCUT2D eigenvalue weighted by atomic mass is 9.70. The predicted molar refractivity (Wildman–Crippen MR) is 130 cm³/mol. The average Bonchev–Trinajstić information content (AvgIpc) is 2.80. The molecule has 0 aliphatic carbocycles. The normalized spacial score (nSPS) is 18.4. The number of ether oxygens (including phenoxy) is 3. The van der Waals surface area contributed by atoms with Gasteiger partial charge in [0.1, 0.15) is 18.5 Å². The van der Waals surface area contributed by atoms with Crippen molar-refractivity contribution in [3.63, 3.8) is 0 Å². The molecule has 0 amide bonds. The number of halogens is 1. The Morgan fingerprint density at radius 1 is 1.06 bits per heavy atom. The number of nitrogens with one attached hydrogen (secondary N) is 1. The van der Waals surface area contributed by atoms with E-state index in [0.29, 0.717) is 17.1 Å². The van der Waals surface area contributed by atoms with Crippen LogP contribution < -0.4 is 14.8 Å². The lowest BCUT2D eigenvalue weighted by Gasteiger charge is -2.46. The van der Waals surface area contributed by atoms with Crippen LogP contribution >= 0.6 is 0 Å². The lowest BCUT2D eigenvalue weighted by molar-refractivity contribution is -0.154. The van der Waals surface area contributed by atoms with Crippen LogP contribution in [0.1, 0.15) is 55.2 Å². The fourth-order valence-electron chi connectivity index (χ4n) is 4.62. The lowest BCUT2D eigenvalue weighted by Crippen LogP contribution is -2.40. The molecular weight excluding hydrogens is 433 g/mol. The minimum absolute atomic E-state index is 0.0519. The van der Waals surface area contributed by atoms with Gasteiger partial charge in [0.25, 0.3) is 0 Å². The van der Waals surface area contributed by atoms with Crippen molar-refractivity contribution in [1.82, 2.24) is 0 Å². The number of hydrogen-bond donors (Lipinski definition) is 1. The Bertz CT molecular complexity index is 1210. The Kier molecular flexibility index (Phi) is 6.51. The summed E-state index contributed by atoms with van der Waals surface area (Å²) in [5.74, 6) is 0.406. The molecule has 34 heavy (non-hydrogen) atoms. The first-order valence-corrected chi connectivity index (χ1v) is 11.3. The molecule has 0 saturated heterocycles. The third-order valence-electron chi connectivity index (χ3n) is 6.36. The molecule has 1 aliphatic heterocycles. The number of hydrogen-bond acceptors (Lipinski definition) is 5. The minimum atomic E-state index is -0.547. The van der Waals surface area contributed by atoms with Gasteiger partial charge in [0, 0.05) is 34.7 Å². The Morgan fingerprint density at radius 2 is 1.82 bits per heavy atom. The van der Waals surface area contributed by atoms with E-state index in [1.54, 1.807) is 25.3 Å². The maximum atomic E-state index is 14.3. The molecule has 1 heterocycles. The highest BCUT2D eigenvalue weighted by Gasteiger charge is 2.47. The molecule has 0 unspecified atom stereocenters. The van der Waals surface area contributed by atoms with Crippen molar-refractivity contribution in [1.29, 1.82) is 0 Å². The van der Waals surface area contributed by atoms with Gasteiger partial charge in [-0.2, -0.15) is 0 Å². The van der Waals surface area contributed by atoms with Crippen molar-refractivity contribution in [2.75, 3.05) is 12.4 Å². The summed E-state index contributed by atoms with van der Waals surface area (Å²) in [7, 11) is 1.58. The Balaban J connectivity index is 1.79. The van der Waals surface area contributed by atoms with E-state index < -0.39 is 11.5 Å². The van der Waals surface area contributed by atoms with Gasteiger partial charge in [0.05, 0.1) is 13.2 Å². The number of benzene rings is 3. The molecular formula is C28H30FNO4. The predicted octanol–water partition coefficient (Wildman–Crippen LogP) is 6.52. The van der Waals surface area contributed by atoms with Crippen LogP contribution in [0.5, 0.6) is 11.5 Å². The van der Waals surface area contributed by atoms with Crippen LogP contribution in [0.3, 0.4) is 0 Å². The van der Waals surface area contributed by atoms with Crippen molar-refractivity contribution in [3.05, 3.63) is 88.7 Å². The zero-order valence-corrected chi connectivity index (χ0v) is 20.1. The van der Waals surface area contributed by atoms with Crippen LogP contribution in [-0.4, -0.2) is 13.1 Å². The van der Waals surface area contributed by atoms with Gasteiger partial charge in [0.15, 0.2) is 11.5 Å².